The Bertz CT molecular complexity index is 669. The summed E-state index contributed by atoms with van der Waals surface area (Å²) in [6.45, 7) is 9.01. The van der Waals surface area contributed by atoms with Gasteiger partial charge in [0.25, 0.3) is 0 Å². The molecule has 0 radical (unpaired) electrons. The first-order valence-corrected chi connectivity index (χ1v) is 11.5. The minimum Gasteiger partial charge on any atom is -0.373 e. The van der Waals surface area contributed by atoms with Crippen molar-refractivity contribution in [3.63, 3.8) is 0 Å². The zero-order valence-corrected chi connectivity index (χ0v) is 18.2. The number of anilines is 1. The van der Waals surface area contributed by atoms with Crippen molar-refractivity contribution < 1.29 is 14.3 Å². The number of thioether (sulfide) groups is 1. The molecular weight excluding hydrogens is 388 g/mol. The number of nitrogens with one attached hydrogen (secondary N) is 2. The first-order chi connectivity index (χ1) is 14.0. The summed E-state index contributed by atoms with van der Waals surface area (Å²) in [7, 11) is 0. The molecule has 3 amide bonds. The Morgan fingerprint density at radius 3 is 2.41 bits per heavy atom. The highest BCUT2D eigenvalue weighted by atomic mass is 32.2. The fourth-order valence-electron chi connectivity index (χ4n) is 3.77. The Hall–Kier alpha value is -1.77. The number of rotatable bonds is 6. The van der Waals surface area contributed by atoms with Crippen LogP contribution >= 0.6 is 11.8 Å². The summed E-state index contributed by atoms with van der Waals surface area (Å²) in [5.41, 5.74) is 1.69. The molecule has 160 valence electrons. The molecule has 0 spiro atoms. The number of hydrogen-bond acceptors (Lipinski definition) is 5. The van der Waals surface area contributed by atoms with Crippen molar-refractivity contribution in [3.8, 4) is 0 Å². The molecule has 0 saturated carbocycles. The second kappa shape index (κ2) is 10.8. The number of morpholine rings is 1. The molecule has 0 bridgehead atoms. The van der Waals surface area contributed by atoms with Crippen molar-refractivity contribution in [2.24, 2.45) is 0 Å². The Morgan fingerprint density at radius 2 is 1.76 bits per heavy atom. The molecule has 2 saturated heterocycles. The van der Waals surface area contributed by atoms with Crippen LogP contribution in [0.5, 0.6) is 0 Å². The zero-order chi connectivity index (χ0) is 20.6. The summed E-state index contributed by atoms with van der Waals surface area (Å²) in [4.78, 5) is 28.7. The maximum Gasteiger partial charge on any atom is 0.319 e. The van der Waals surface area contributed by atoms with Gasteiger partial charge in [-0.3, -0.25) is 9.69 Å². The average molecular weight is 421 g/mol. The van der Waals surface area contributed by atoms with E-state index in [1.165, 1.54) is 0 Å². The van der Waals surface area contributed by atoms with E-state index in [4.69, 9.17) is 4.74 Å². The maximum absolute atomic E-state index is 12.3. The molecule has 2 fully saturated rings. The first kappa shape index (κ1) is 21.9. The standard InChI is InChI=1S/C21H32N4O3S/c1-16-14-24(15-17(2)28-16)8-7-22-21(27)23-19-5-3-18(4-6-19)13-20(26)25-9-11-29-12-10-25/h3-6,16-17H,7-15H2,1-2H3,(H2,22,23,27). The van der Waals surface area contributed by atoms with E-state index in [2.05, 4.69) is 29.4 Å². The lowest BCUT2D eigenvalue weighted by Crippen LogP contribution is -2.48. The van der Waals surface area contributed by atoms with Gasteiger partial charge in [0.15, 0.2) is 0 Å². The molecule has 2 N–H and O–H groups in total. The predicted molar refractivity (Wildman–Crippen MR) is 118 cm³/mol. The lowest BCUT2D eigenvalue weighted by atomic mass is 10.1. The molecule has 0 aromatic heterocycles. The Labute approximate surface area is 177 Å². The van der Waals surface area contributed by atoms with E-state index in [-0.39, 0.29) is 24.1 Å². The lowest BCUT2D eigenvalue weighted by Gasteiger charge is -2.35. The summed E-state index contributed by atoms with van der Waals surface area (Å²) < 4.78 is 5.72. The number of amides is 3. The molecular formula is C21H32N4O3S. The summed E-state index contributed by atoms with van der Waals surface area (Å²) >= 11 is 1.90. The van der Waals surface area contributed by atoms with Gasteiger partial charge >= 0.3 is 6.03 Å². The second-order valence-corrected chi connectivity index (χ2v) is 8.99. The average Bonchev–Trinajstić information content (AvgIpc) is 2.69. The third kappa shape index (κ3) is 7.21. The smallest absolute Gasteiger partial charge is 0.319 e. The van der Waals surface area contributed by atoms with E-state index >= 15 is 0 Å². The van der Waals surface area contributed by atoms with Crippen molar-refractivity contribution in [1.82, 2.24) is 15.1 Å². The second-order valence-electron chi connectivity index (χ2n) is 7.76. The van der Waals surface area contributed by atoms with Crippen LogP contribution < -0.4 is 10.6 Å². The number of urea groups is 1. The normalized spacial score (nSPS) is 22.9. The van der Waals surface area contributed by atoms with Gasteiger partial charge in [-0.1, -0.05) is 12.1 Å². The molecule has 2 aliphatic heterocycles. The largest absolute Gasteiger partial charge is 0.373 e. The summed E-state index contributed by atoms with van der Waals surface area (Å²) in [5, 5.41) is 5.75. The molecule has 29 heavy (non-hydrogen) atoms. The Morgan fingerprint density at radius 1 is 1.10 bits per heavy atom. The Balaban J connectivity index is 1.37. The van der Waals surface area contributed by atoms with E-state index in [1.54, 1.807) is 0 Å². The summed E-state index contributed by atoms with van der Waals surface area (Å²) in [6.07, 6.45) is 0.867. The molecule has 1 aromatic carbocycles. The highest BCUT2D eigenvalue weighted by Gasteiger charge is 2.21. The van der Waals surface area contributed by atoms with Gasteiger partial charge in [0, 0.05) is 56.5 Å². The number of benzene rings is 1. The zero-order valence-electron chi connectivity index (χ0n) is 17.4. The van der Waals surface area contributed by atoms with Crippen LogP contribution in [0.25, 0.3) is 0 Å². The quantitative estimate of drug-likeness (QED) is 0.737. The monoisotopic (exact) mass is 420 g/mol. The SMILES string of the molecule is CC1CN(CCNC(=O)Nc2ccc(CC(=O)N3CCSCC3)cc2)CC(C)O1. The van der Waals surface area contributed by atoms with Crippen molar-refractivity contribution >= 4 is 29.4 Å². The van der Waals surface area contributed by atoms with Crippen LogP contribution in [0.3, 0.4) is 0 Å². The molecule has 2 unspecified atom stereocenters. The predicted octanol–water partition coefficient (Wildman–Crippen LogP) is 2.04. The van der Waals surface area contributed by atoms with Crippen LogP contribution in [0, 0.1) is 0 Å². The lowest BCUT2D eigenvalue weighted by molar-refractivity contribution is -0.130. The third-order valence-electron chi connectivity index (χ3n) is 5.14. The molecule has 1 aromatic rings. The van der Waals surface area contributed by atoms with Gasteiger partial charge in [0.1, 0.15) is 0 Å². The van der Waals surface area contributed by atoms with E-state index in [9.17, 15) is 9.59 Å². The third-order valence-corrected chi connectivity index (χ3v) is 6.08. The highest BCUT2D eigenvalue weighted by Crippen LogP contribution is 2.14. The van der Waals surface area contributed by atoms with Crippen molar-refractivity contribution in [3.05, 3.63) is 29.8 Å². The highest BCUT2D eigenvalue weighted by molar-refractivity contribution is 7.99. The van der Waals surface area contributed by atoms with Gasteiger partial charge in [-0.2, -0.15) is 11.8 Å². The fourth-order valence-corrected chi connectivity index (χ4v) is 4.68. The van der Waals surface area contributed by atoms with Crippen molar-refractivity contribution in [2.75, 3.05) is 56.1 Å². The van der Waals surface area contributed by atoms with Crippen LogP contribution in [0.15, 0.2) is 24.3 Å². The van der Waals surface area contributed by atoms with Crippen molar-refractivity contribution in [1.29, 1.82) is 0 Å². The topological polar surface area (TPSA) is 73.9 Å². The minimum absolute atomic E-state index is 0.176. The molecule has 3 rings (SSSR count). The number of nitrogens with zero attached hydrogens (tertiary/aromatic N) is 2. The van der Waals surface area contributed by atoms with E-state index in [0.717, 1.165) is 55.5 Å². The fraction of sp³-hybridized carbons (Fsp3) is 0.619. The van der Waals surface area contributed by atoms with Crippen LogP contribution in [-0.2, 0) is 16.0 Å². The van der Waals surface area contributed by atoms with Gasteiger partial charge in [-0.15, -0.1) is 0 Å². The number of carbonyl (C=O) groups excluding carboxylic acids is 2. The van der Waals surface area contributed by atoms with Crippen LogP contribution in [0.4, 0.5) is 10.5 Å². The molecule has 2 aliphatic rings. The summed E-state index contributed by atoms with van der Waals surface area (Å²) in [6, 6.07) is 7.29. The molecule has 0 aliphatic carbocycles. The molecule has 8 heteroatoms. The van der Waals surface area contributed by atoms with Gasteiger partial charge in [0.05, 0.1) is 18.6 Å². The first-order valence-electron chi connectivity index (χ1n) is 10.4. The van der Waals surface area contributed by atoms with Gasteiger partial charge in [-0.25, -0.2) is 4.79 Å². The molecule has 2 heterocycles. The summed E-state index contributed by atoms with van der Waals surface area (Å²) in [5.74, 6) is 2.22. The molecule has 2 atom stereocenters. The molecule has 7 nitrogen and oxygen atoms in total. The van der Waals surface area contributed by atoms with Gasteiger partial charge in [-0.05, 0) is 31.5 Å². The van der Waals surface area contributed by atoms with E-state index < -0.39 is 0 Å². The van der Waals surface area contributed by atoms with Crippen LogP contribution in [0.1, 0.15) is 19.4 Å². The van der Waals surface area contributed by atoms with E-state index in [0.29, 0.717) is 13.0 Å². The van der Waals surface area contributed by atoms with Crippen LogP contribution in [0.2, 0.25) is 0 Å². The number of ether oxygens (including phenoxy) is 1. The minimum atomic E-state index is -0.214. The van der Waals surface area contributed by atoms with Crippen molar-refractivity contribution in [2.45, 2.75) is 32.5 Å². The van der Waals surface area contributed by atoms with Gasteiger partial charge in [0.2, 0.25) is 5.91 Å². The maximum atomic E-state index is 12.3. The number of hydrogen-bond donors (Lipinski definition) is 2. The van der Waals surface area contributed by atoms with E-state index in [1.807, 2.05) is 40.9 Å². The van der Waals surface area contributed by atoms with Gasteiger partial charge < -0.3 is 20.3 Å². The Kier molecular flexibility index (Phi) is 8.20. The number of carbonyl (C=O) groups is 2. The van der Waals surface area contributed by atoms with Crippen LogP contribution in [-0.4, -0.2) is 84.7 Å².